The number of carbonyl (C=O) groups excluding carboxylic acids is 4. The van der Waals surface area contributed by atoms with E-state index in [4.69, 9.17) is 4.84 Å². The number of carbonyl (C=O) groups is 4. The molecule has 3 rings (SSSR count). The van der Waals surface area contributed by atoms with Crippen molar-refractivity contribution >= 4 is 42.2 Å². The van der Waals surface area contributed by atoms with Crippen LogP contribution < -0.4 is 5.32 Å². The summed E-state index contributed by atoms with van der Waals surface area (Å²) in [6.07, 6.45) is 8.30. The molecule has 3 amide bonds. The number of rotatable bonds is 11. The van der Waals surface area contributed by atoms with Crippen LogP contribution in [-0.4, -0.2) is 60.0 Å². The summed E-state index contributed by atoms with van der Waals surface area (Å²) in [6, 6.07) is 5.51. The van der Waals surface area contributed by atoms with E-state index in [1.54, 1.807) is 6.21 Å². The van der Waals surface area contributed by atoms with Gasteiger partial charge in [-0.25, -0.2) is 4.79 Å². The molecule has 0 aliphatic carbocycles. The number of unbranched alkanes of at least 4 members (excludes halogenated alkanes) is 1. The summed E-state index contributed by atoms with van der Waals surface area (Å²) < 4.78 is 0. The van der Waals surface area contributed by atoms with Crippen molar-refractivity contribution in [3.63, 3.8) is 0 Å². The minimum atomic E-state index is -0.878. The molecule has 9 nitrogen and oxygen atoms in total. The molecule has 1 unspecified atom stereocenters. The lowest BCUT2D eigenvalue weighted by Gasteiger charge is -2.21. The minimum absolute atomic E-state index is 0.0436. The molecule has 0 spiro atoms. The smallest absolute Gasteiger partial charge is 0.316 e. The number of allylic oxidation sites excluding steroid dienone is 1. The molecule has 1 N–H and O–H groups in total. The molecule has 0 saturated carbocycles. The van der Waals surface area contributed by atoms with Gasteiger partial charge in [-0.3, -0.25) is 14.6 Å². The highest BCUT2D eigenvalue weighted by atomic mass is 16.7. The average molecular weight is 469 g/mol. The van der Waals surface area contributed by atoms with E-state index in [9.17, 15) is 19.2 Å². The quantitative estimate of drug-likeness (QED) is 0.303. The van der Waals surface area contributed by atoms with Gasteiger partial charge in [0.25, 0.3) is 11.8 Å². The second kappa shape index (κ2) is 11.7. The Kier molecular flexibility index (Phi) is 8.70. The third-order valence-corrected chi connectivity index (χ3v) is 6.17. The SMILES string of the molecule is CCN(CC)CCCCC1(C=O)C=Cc2cc(CNC(=O)ON3C(=O)CCC3=O)ccc2N=C1. The lowest BCUT2D eigenvalue weighted by molar-refractivity contribution is -0.171. The maximum Gasteiger partial charge on any atom is 0.432 e. The van der Waals surface area contributed by atoms with E-state index in [0.29, 0.717) is 11.5 Å². The van der Waals surface area contributed by atoms with Gasteiger partial charge in [-0.15, -0.1) is 5.06 Å². The number of aldehydes is 1. The number of hydroxylamine groups is 2. The van der Waals surface area contributed by atoms with Gasteiger partial charge in [0.2, 0.25) is 0 Å². The molecule has 0 bridgehead atoms. The maximum atomic E-state index is 12.0. The van der Waals surface area contributed by atoms with Crippen LogP contribution in [0.2, 0.25) is 0 Å². The lowest BCUT2D eigenvalue weighted by atomic mass is 9.85. The van der Waals surface area contributed by atoms with Gasteiger partial charge < -0.3 is 19.8 Å². The van der Waals surface area contributed by atoms with Crippen LogP contribution in [0.4, 0.5) is 10.5 Å². The summed E-state index contributed by atoms with van der Waals surface area (Å²) >= 11 is 0. The fourth-order valence-electron chi connectivity index (χ4n) is 3.97. The van der Waals surface area contributed by atoms with Gasteiger partial charge in [-0.2, -0.15) is 0 Å². The summed E-state index contributed by atoms with van der Waals surface area (Å²) in [6.45, 7) is 7.50. The van der Waals surface area contributed by atoms with Crippen molar-refractivity contribution in [2.24, 2.45) is 10.4 Å². The molecule has 182 valence electrons. The van der Waals surface area contributed by atoms with E-state index in [2.05, 4.69) is 29.1 Å². The van der Waals surface area contributed by atoms with Crippen LogP contribution in [-0.2, 0) is 25.8 Å². The molecular weight excluding hydrogens is 436 g/mol. The molecule has 1 aromatic rings. The molecule has 1 atom stereocenters. The molecule has 9 heteroatoms. The van der Waals surface area contributed by atoms with Crippen LogP contribution in [0.5, 0.6) is 0 Å². The van der Waals surface area contributed by atoms with Crippen molar-refractivity contribution in [3.8, 4) is 0 Å². The number of amides is 3. The van der Waals surface area contributed by atoms with E-state index in [1.165, 1.54) is 0 Å². The van der Waals surface area contributed by atoms with Gasteiger partial charge in [-0.1, -0.05) is 38.5 Å². The van der Waals surface area contributed by atoms with E-state index in [-0.39, 0.29) is 19.4 Å². The molecule has 0 radical (unpaired) electrons. The zero-order valence-electron chi connectivity index (χ0n) is 19.8. The zero-order chi connectivity index (χ0) is 24.6. The van der Waals surface area contributed by atoms with Crippen LogP contribution in [0.25, 0.3) is 6.08 Å². The first-order chi connectivity index (χ1) is 16.4. The number of hydrogen-bond donors (Lipinski definition) is 1. The molecule has 34 heavy (non-hydrogen) atoms. The molecule has 1 saturated heterocycles. The Balaban J connectivity index is 1.58. The lowest BCUT2D eigenvalue weighted by Crippen LogP contribution is -2.36. The molecule has 2 heterocycles. The first kappa shape index (κ1) is 25.3. The number of nitrogens with zero attached hydrogens (tertiary/aromatic N) is 3. The van der Waals surface area contributed by atoms with E-state index >= 15 is 0 Å². The third-order valence-electron chi connectivity index (χ3n) is 6.17. The number of fused-ring (bicyclic) bond motifs is 1. The Bertz CT molecular complexity index is 970. The molecular formula is C25H32N4O5. The summed E-state index contributed by atoms with van der Waals surface area (Å²) in [5, 5.41) is 3.04. The topological polar surface area (TPSA) is 108 Å². The highest BCUT2D eigenvalue weighted by Gasteiger charge is 2.32. The Labute approximate surface area is 199 Å². The van der Waals surface area contributed by atoms with Crippen molar-refractivity contribution in [2.45, 2.75) is 52.5 Å². The van der Waals surface area contributed by atoms with Crippen LogP contribution >= 0.6 is 0 Å². The van der Waals surface area contributed by atoms with Crippen LogP contribution in [0.3, 0.4) is 0 Å². The first-order valence-corrected chi connectivity index (χ1v) is 11.8. The second-order valence-electron chi connectivity index (χ2n) is 8.51. The van der Waals surface area contributed by atoms with Crippen LogP contribution in [0, 0.1) is 5.41 Å². The van der Waals surface area contributed by atoms with Gasteiger partial charge in [-0.05, 0) is 50.2 Å². The number of nitrogens with one attached hydrogen (secondary N) is 1. The van der Waals surface area contributed by atoms with Crippen LogP contribution in [0.15, 0.2) is 29.3 Å². The Morgan fingerprint density at radius 3 is 2.62 bits per heavy atom. The largest absolute Gasteiger partial charge is 0.432 e. The van der Waals surface area contributed by atoms with Crippen molar-refractivity contribution in [1.29, 1.82) is 0 Å². The van der Waals surface area contributed by atoms with Crippen molar-refractivity contribution in [2.75, 3.05) is 19.6 Å². The highest BCUT2D eigenvalue weighted by molar-refractivity contribution is 6.01. The molecule has 2 aliphatic rings. The minimum Gasteiger partial charge on any atom is -0.316 e. The Hall–Kier alpha value is -3.33. The molecule has 1 fully saturated rings. The third kappa shape index (κ3) is 6.38. The summed E-state index contributed by atoms with van der Waals surface area (Å²) in [5.74, 6) is -1.06. The zero-order valence-corrected chi connectivity index (χ0v) is 19.8. The van der Waals surface area contributed by atoms with Gasteiger partial charge in [0.05, 0.1) is 11.1 Å². The molecule has 1 aromatic carbocycles. The summed E-state index contributed by atoms with van der Waals surface area (Å²) in [5.41, 5.74) is 1.62. The van der Waals surface area contributed by atoms with E-state index < -0.39 is 23.3 Å². The Morgan fingerprint density at radius 2 is 1.94 bits per heavy atom. The van der Waals surface area contributed by atoms with Gasteiger partial charge in [0.15, 0.2) is 0 Å². The van der Waals surface area contributed by atoms with Gasteiger partial charge in [0.1, 0.15) is 6.29 Å². The number of aliphatic imine (C=N–C) groups is 1. The second-order valence-corrected chi connectivity index (χ2v) is 8.51. The molecule has 0 aromatic heterocycles. The van der Waals surface area contributed by atoms with Crippen molar-refractivity contribution in [3.05, 3.63) is 35.4 Å². The highest BCUT2D eigenvalue weighted by Crippen LogP contribution is 2.31. The predicted molar refractivity (Wildman–Crippen MR) is 128 cm³/mol. The van der Waals surface area contributed by atoms with E-state index in [0.717, 1.165) is 55.6 Å². The summed E-state index contributed by atoms with van der Waals surface area (Å²) in [7, 11) is 0. The van der Waals surface area contributed by atoms with Gasteiger partial charge >= 0.3 is 6.09 Å². The number of hydrogen-bond acceptors (Lipinski definition) is 7. The predicted octanol–water partition coefficient (Wildman–Crippen LogP) is 3.40. The number of imide groups is 1. The van der Waals surface area contributed by atoms with Crippen LogP contribution in [0.1, 0.15) is 57.1 Å². The maximum absolute atomic E-state index is 12.0. The van der Waals surface area contributed by atoms with Crippen molar-refractivity contribution in [1.82, 2.24) is 15.3 Å². The fraction of sp³-hybridized carbons (Fsp3) is 0.480. The first-order valence-electron chi connectivity index (χ1n) is 11.8. The number of benzene rings is 1. The normalized spacial score (nSPS) is 19.3. The molecule has 2 aliphatic heterocycles. The fourth-order valence-corrected chi connectivity index (χ4v) is 3.97. The monoisotopic (exact) mass is 468 g/mol. The Morgan fingerprint density at radius 1 is 1.21 bits per heavy atom. The van der Waals surface area contributed by atoms with Gasteiger partial charge in [0, 0.05) is 31.2 Å². The van der Waals surface area contributed by atoms with Crippen molar-refractivity contribution < 1.29 is 24.0 Å². The average Bonchev–Trinajstić information content (AvgIpc) is 3.05. The van der Waals surface area contributed by atoms with E-state index in [1.807, 2.05) is 30.4 Å². The standard InChI is InChI=1S/C25H32N4O5/c1-3-28(4-2)14-6-5-12-25(18-30)13-11-20-15-19(7-8-21(20)27-17-25)16-26-24(33)34-29-22(31)9-10-23(29)32/h7-8,11,13,15,17-18H,3-6,9-10,12,14,16H2,1-2H3,(H,26,33). The summed E-state index contributed by atoms with van der Waals surface area (Å²) in [4.78, 5) is 58.8.